The molecular formula is C26H25NO7S2. The van der Waals surface area contributed by atoms with Crippen LogP contribution in [-0.4, -0.2) is 57.7 Å². The van der Waals surface area contributed by atoms with Crippen molar-refractivity contribution < 1.29 is 33.6 Å². The lowest BCUT2D eigenvalue weighted by Gasteiger charge is -2.45. The molecule has 3 heterocycles. The molecule has 0 aromatic heterocycles. The number of amides is 1. The first kappa shape index (κ1) is 25.1. The second-order valence-corrected chi connectivity index (χ2v) is 10.2. The minimum Gasteiger partial charge on any atom is -0.481 e. The van der Waals surface area contributed by atoms with E-state index in [9.17, 15) is 9.59 Å². The first-order chi connectivity index (χ1) is 17.5. The molecular weight excluding hydrogens is 502 g/mol. The highest BCUT2D eigenvalue weighted by molar-refractivity contribution is 8.26. The Hall–Kier alpha value is -2.60. The van der Waals surface area contributed by atoms with Crippen molar-refractivity contribution in [2.24, 2.45) is 0 Å². The van der Waals surface area contributed by atoms with Crippen molar-refractivity contribution in [3.05, 3.63) is 82.8 Å². The first-order valence-electron chi connectivity index (χ1n) is 11.6. The zero-order chi connectivity index (χ0) is 25.1. The van der Waals surface area contributed by atoms with Gasteiger partial charge in [-0.15, -0.1) is 0 Å². The van der Waals surface area contributed by atoms with Crippen LogP contribution in [0.25, 0.3) is 0 Å². The summed E-state index contributed by atoms with van der Waals surface area (Å²) < 4.78 is 25.2. The van der Waals surface area contributed by atoms with Gasteiger partial charge in [0.1, 0.15) is 22.6 Å². The average Bonchev–Trinajstić information content (AvgIpc) is 3.16. The predicted octanol–water partition coefficient (Wildman–Crippen LogP) is 4.19. The van der Waals surface area contributed by atoms with Crippen molar-refractivity contribution in [3.8, 4) is 0 Å². The molecule has 36 heavy (non-hydrogen) atoms. The zero-order valence-electron chi connectivity index (χ0n) is 19.2. The lowest BCUT2D eigenvalue weighted by Crippen LogP contribution is -2.53. The van der Waals surface area contributed by atoms with Crippen LogP contribution in [0.3, 0.4) is 0 Å². The summed E-state index contributed by atoms with van der Waals surface area (Å²) in [7, 11) is 0. The van der Waals surface area contributed by atoms with E-state index >= 15 is 0 Å². The maximum Gasteiger partial charge on any atom is 0.303 e. The second-order valence-electron chi connectivity index (χ2n) is 8.55. The maximum atomic E-state index is 13.1. The van der Waals surface area contributed by atoms with Crippen LogP contribution in [0.2, 0.25) is 0 Å². The number of ether oxygens (including phenoxy) is 4. The molecule has 0 spiro atoms. The summed E-state index contributed by atoms with van der Waals surface area (Å²) in [6, 6.07) is 19.2. The quantitative estimate of drug-likeness (QED) is 0.420. The van der Waals surface area contributed by atoms with E-state index in [1.54, 1.807) is 6.08 Å². The highest BCUT2D eigenvalue weighted by Crippen LogP contribution is 2.40. The van der Waals surface area contributed by atoms with E-state index in [1.165, 1.54) is 16.7 Å². The third-order valence-corrected chi connectivity index (χ3v) is 7.46. The third-order valence-electron chi connectivity index (χ3n) is 6.07. The molecule has 3 saturated heterocycles. The summed E-state index contributed by atoms with van der Waals surface area (Å²) in [5, 5.41) is 8.91. The topological polar surface area (TPSA) is 94.5 Å². The number of nitrogens with zero attached hydrogens (tertiary/aromatic N) is 1. The van der Waals surface area contributed by atoms with Crippen molar-refractivity contribution in [2.45, 2.75) is 43.7 Å². The van der Waals surface area contributed by atoms with Crippen molar-refractivity contribution in [2.75, 3.05) is 13.2 Å². The van der Waals surface area contributed by atoms with Gasteiger partial charge in [0.15, 0.2) is 12.6 Å². The number of carbonyl (C=O) groups is 2. The molecule has 1 amide bonds. The summed E-state index contributed by atoms with van der Waals surface area (Å²) in [4.78, 5) is 25.9. The Balaban J connectivity index is 1.39. The van der Waals surface area contributed by atoms with Gasteiger partial charge in [0.2, 0.25) is 0 Å². The summed E-state index contributed by atoms with van der Waals surface area (Å²) in [5.41, 5.74) is 1.73. The molecule has 0 saturated carbocycles. The number of carbonyl (C=O) groups excluding carboxylic acids is 1. The largest absolute Gasteiger partial charge is 0.481 e. The van der Waals surface area contributed by atoms with Gasteiger partial charge in [0.05, 0.1) is 11.5 Å². The Morgan fingerprint density at radius 3 is 2.36 bits per heavy atom. The summed E-state index contributed by atoms with van der Waals surface area (Å²) in [6.07, 6.45) is -0.731. The summed E-state index contributed by atoms with van der Waals surface area (Å²) in [5.74, 6) is -1.17. The number of hydrogen-bond donors (Lipinski definition) is 1. The summed E-state index contributed by atoms with van der Waals surface area (Å²) >= 11 is 6.58. The van der Waals surface area contributed by atoms with Gasteiger partial charge in [-0.25, -0.2) is 0 Å². The lowest BCUT2D eigenvalue weighted by molar-refractivity contribution is -0.356. The molecule has 0 aliphatic carbocycles. The monoisotopic (exact) mass is 527 g/mol. The maximum absolute atomic E-state index is 13.1. The van der Waals surface area contributed by atoms with Crippen LogP contribution >= 0.6 is 24.0 Å². The molecule has 10 heteroatoms. The highest BCUT2D eigenvalue weighted by Gasteiger charge is 2.46. The van der Waals surface area contributed by atoms with Crippen LogP contribution in [-0.2, 0) is 28.5 Å². The fourth-order valence-electron chi connectivity index (χ4n) is 4.29. The summed E-state index contributed by atoms with van der Waals surface area (Å²) in [6.45, 7) is 0.555. The molecule has 5 unspecified atom stereocenters. The second kappa shape index (κ2) is 11.2. The molecule has 8 nitrogen and oxygen atoms in total. The lowest BCUT2D eigenvalue weighted by atomic mass is 10.0. The van der Waals surface area contributed by atoms with E-state index in [1.807, 2.05) is 60.7 Å². The van der Waals surface area contributed by atoms with Crippen molar-refractivity contribution in [1.82, 2.24) is 4.90 Å². The molecule has 1 N–H and O–H groups in total. The number of hydrogen-bond acceptors (Lipinski definition) is 8. The van der Waals surface area contributed by atoms with Crippen LogP contribution in [0.15, 0.2) is 71.6 Å². The SMILES string of the molecule is O=C(O)CCCN1C(=O)/C(=C/C2OC(c3ccccc3)OC3COC(c4ccccc4)OC23)SC1=S. The normalized spacial score (nSPS) is 29.4. The molecule has 2 aromatic rings. The fraction of sp³-hybridized carbons (Fsp3) is 0.346. The number of aliphatic carboxylic acids is 1. The Kier molecular flexibility index (Phi) is 7.80. The number of benzene rings is 2. The van der Waals surface area contributed by atoms with Gasteiger partial charge in [-0.3, -0.25) is 14.5 Å². The molecule has 5 atom stereocenters. The molecule has 0 radical (unpaired) electrons. The van der Waals surface area contributed by atoms with Gasteiger partial charge in [-0.2, -0.15) is 0 Å². The van der Waals surface area contributed by atoms with Crippen molar-refractivity contribution in [1.29, 1.82) is 0 Å². The molecule has 3 aliphatic rings. The number of fused-ring (bicyclic) bond motifs is 1. The molecule has 0 bridgehead atoms. The van der Waals surface area contributed by atoms with E-state index in [0.717, 1.165) is 11.1 Å². The van der Waals surface area contributed by atoms with E-state index in [2.05, 4.69) is 0 Å². The molecule has 3 aliphatic heterocycles. The number of thiocarbonyl (C=S) groups is 1. The number of thioether (sulfide) groups is 1. The van der Waals surface area contributed by atoms with Gasteiger partial charge < -0.3 is 24.1 Å². The number of rotatable bonds is 7. The Morgan fingerprint density at radius 1 is 1.03 bits per heavy atom. The standard InChI is InChI=1S/C26H25NO7S2/c28-21(29)12-7-13-27-23(30)20(36-26(27)35)14-18-22-19(33-25(32-18)17-10-5-2-6-11-17)15-31-24(34-22)16-8-3-1-4-9-16/h1-6,8-11,14,18-19,22,24-25H,7,12-13,15H2,(H,28,29)/b20-14-. The van der Waals surface area contributed by atoms with Crippen LogP contribution in [0, 0.1) is 0 Å². The van der Waals surface area contributed by atoms with Gasteiger partial charge in [0, 0.05) is 24.1 Å². The molecule has 5 rings (SSSR count). The van der Waals surface area contributed by atoms with Crippen LogP contribution in [0.4, 0.5) is 0 Å². The molecule has 188 valence electrons. The fourth-order valence-corrected chi connectivity index (χ4v) is 5.61. The van der Waals surface area contributed by atoms with E-state index in [0.29, 0.717) is 22.3 Å². The van der Waals surface area contributed by atoms with E-state index in [4.69, 9.17) is 36.3 Å². The number of carboxylic acids is 1. The molecule has 2 aromatic carbocycles. The van der Waals surface area contributed by atoms with Crippen molar-refractivity contribution >= 4 is 40.2 Å². The van der Waals surface area contributed by atoms with Gasteiger partial charge >= 0.3 is 5.97 Å². The predicted molar refractivity (Wildman–Crippen MR) is 136 cm³/mol. The van der Waals surface area contributed by atoms with Crippen molar-refractivity contribution in [3.63, 3.8) is 0 Å². The molecule has 3 fully saturated rings. The third kappa shape index (κ3) is 5.54. The number of carboxylic acid groups (broad SMARTS) is 1. The van der Waals surface area contributed by atoms with Crippen LogP contribution in [0.1, 0.15) is 36.5 Å². The van der Waals surface area contributed by atoms with Gasteiger partial charge in [-0.05, 0) is 12.5 Å². The van der Waals surface area contributed by atoms with Crippen LogP contribution < -0.4 is 0 Å². The van der Waals surface area contributed by atoms with E-state index in [-0.39, 0.29) is 18.9 Å². The highest BCUT2D eigenvalue weighted by atomic mass is 32.2. The van der Waals surface area contributed by atoms with Gasteiger partial charge in [0.25, 0.3) is 5.91 Å². The minimum atomic E-state index is -0.908. The van der Waals surface area contributed by atoms with Crippen LogP contribution in [0.5, 0.6) is 0 Å². The average molecular weight is 528 g/mol. The Bertz CT molecular complexity index is 1140. The zero-order valence-corrected chi connectivity index (χ0v) is 20.9. The van der Waals surface area contributed by atoms with E-state index < -0.39 is 36.9 Å². The smallest absolute Gasteiger partial charge is 0.303 e. The minimum absolute atomic E-state index is 0.0313. The first-order valence-corrected chi connectivity index (χ1v) is 12.9. The van der Waals surface area contributed by atoms with Gasteiger partial charge in [-0.1, -0.05) is 84.6 Å². The Labute approximate surface area is 218 Å². The Morgan fingerprint density at radius 2 is 1.69 bits per heavy atom.